The fraction of sp³-hybridized carbons (Fsp3) is 0.300. The third-order valence-electron chi connectivity index (χ3n) is 1.81. The van der Waals surface area contributed by atoms with Crippen molar-refractivity contribution in [3.8, 4) is 5.75 Å². The summed E-state index contributed by atoms with van der Waals surface area (Å²) < 4.78 is 48.2. The van der Waals surface area contributed by atoms with Crippen molar-refractivity contribution in [2.24, 2.45) is 0 Å². The van der Waals surface area contributed by atoms with E-state index in [-0.39, 0.29) is 12.7 Å². The first-order chi connectivity index (χ1) is 7.52. The first-order valence-corrected chi connectivity index (χ1v) is 4.41. The van der Waals surface area contributed by atoms with Gasteiger partial charge in [-0.1, -0.05) is 0 Å². The number of benzene rings is 1. The molecule has 1 aromatic rings. The fourth-order valence-corrected chi connectivity index (χ4v) is 1.16. The number of rotatable bonds is 3. The molecule has 0 aromatic heterocycles. The largest absolute Gasteiger partial charge is 0.493 e. The minimum absolute atomic E-state index is 0.0135. The van der Waals surface area contributed by atoms with Crippen LogP contribution in [0, 0.1) is 17.5 Å². The van der Waals surface area contributed by atoms with Gasteiger partial charge >= 0.3 is 5.97 Å². The van der Waals surface area contributed by atoms with Crippen LogP contribution in [0.3, 0.4) is 0 Å². The quantitative estimate of drug-likeness (QED) is 0.594. The lowest BCUT2D eigenvalue weighted by atomic mass is 10.1. The van der Waals surface area contributed by atoms with Crippen LogP contribution in [0.1, 0.15) is 17.3 Å². The molecule has 6 heteroatoms. The highest BCUT2D eigenvalue weighted by Gasteiger charge is 2.25. The van der Waals surface area contributed by atoms with Crippen molar-refractivity contribution < 1.29 is 27.4 Å². The maximum absolute atomic E-state index is 13.3. The second-order valence-corrected chi connectivity index (χ2v) is 2.78. The van der Waals surface area contributed by atoms with Gasteiger partial charge in [0.15, 0.2) is 11.6 Å². The highest BCUT2D eigenvalue weighted by molar-refractivity contribution is 5.92. The molecule has 0 fully saturated rings. The van der Waals surface area contributed by atoms with Gasteiger partial charge in [-0.25, -0.2) is 13.6 Å². The molecule has 0 saturated carbocycles. The van der Waals surface area contributed by atoms with E-state index in [4.69, 9.17) is 0 Å². The summed E-state index contributed by atoms with van der Waals surface area (Å²) in [6.45, 7) is 1.49. The van der Waals surface area contributed by atoms with Crippen LogP contribution in [0.25, 0.3) is 0 Å². The zero-order chi connectivity index (χ0) is 12.3. The van der Waals surface area contributed by atoms with Crippen LogP contribution in [-0.2, 0) is 4.74 Å². The number of hydrogen-bond donors (Lipinski definition) is 0. The molecule has 1 rings (SSSR count). The zero-order valence-corrected chi connectivity index (χ0v) is 8.64. The van der Waals surface area contributed by atoms with Gasteiger partial charge in [-0.3, -0.25) is 0 Å². The summed E-state index contributed by atoms with van der Waals surface area (Å²) in [5.74, 6) is -5.98. The molecule has 0 aliphatic rings. The average molecular weight is 234 g/mol. The number of methoxy groups -OCH3 is 1. The summed E-state index contributed by atoms with van der Waals surface area (Å²) in [5.41, 5.74) is -0.747. The van der Waals surface area contributed by atoms with Gasteiger partial charge in [-0.05, 0) is 6.92 Å². The Balaban J connectivity index is 3.36. The lowest BCUT2D eigenvalue weighted by Crippen LogP contribution is -2.11. The maximum Gasteiger partial charge on any atom is 0.345 e. The summed E-state index contributed by atoms with van der Waals surface area (Å²) in [7, 11) is 1.00. The van der Waals surface area contributed by atoms with Crippen molar-refractivity contribution in [3.63, 3.8) is 0 Å². The summed E-state index contributed by atoms with van der Waals surface area (Å²) in [5, 5.41) is 0. The van der Waals surface area contributed by atoms with Gasteiger partial charge in [-0.2, -0.15) is 4.39 Å². The molecule has 0 unspecified atom stereocenters. The zero-order valence-electron chi connectivity index (χ0n) is 8.64. The summed E-state index contributed by atoms with van der Waals surface area (Å²) >= 11 is 0. The highest BCUT2D eigenvalue weighted by atomic mass is 19.2. The lowest BCUT2D eigenvalue weighted by molar-refractivity contribution is 0.0515. The Morgan fingerprint density at radius 2 is 1.94 bits per heavy atom. The van der Waals surface area contributed by atoms with Crippen LogP contribution in [-0.4, -0.2) is 19.7 Å². The Morgan fingerprint density at radius 1 is 1.31 bits per heavy atom. The third-order valence-corrected chi connectivity index (χ3v) is 1.81. The molecule has 0 amide bonds. The van der Waals surface area contributed by atoms with Gasteiger partial charge in [0.2, 0.25) is 5.82 Å². The van der Waals surface area contributed by atoms with Crippen molar-refractivity contribution in [1.29, 1.82) is 0 Å². The number of ether oxygens (including phenoxy) is 2. The summed E-state index contributed by atoms with van der Waals surface area (Å²) in [6.07, 6.45) is 0. The molecule has 0 heterocycles. The molecule has 0 bridgehead atoms. The van der Waals surface area contributed by atoms with E-state index < -0.39 is 34.7 Å². The van der Waals surface area contributed by atoms with Crippen molar-refractivity contribution >= 4 is 5.97 Å². The van der Waals surface area contributed by atoms with E-state index in [1.807, 2.05) is 0 Å². The van der Waals surface area contributed by atoms with E-state index in [9.17, 15) is 18.0 Å². The monoisotopic (exact) mass is 234 g/mol. The molecule has 1 aromatic carbocycles. The Morgan fingerprint density at radius 3 is 2.44 bits per heavy atom. The second-order valence-electron chi connectivity index (χ2n) is 2.78. The Labute approximate surface area is 89.8 Å². The molecular weight excluding hydrogens is 225 g/mol. The molecule has 0 aliphatic heterocycles. The number of halogens is 3. The number of hydrogen-bond acceptors (Lipinski definition) is 3. The van der Waals surface area contributed by atoms with E-state index in [0.717, 1.165) is 7.11 Å². The first kappa shape index (κ1) is 12.4. The normalized spacial score (nSPS) is 10.1. The van der Waals surface area contributed by atoms with Gasteiger partial charge in [0.05, 0.1) is 13.7 Å². The Kier molecular flexibility index (Phi) is 3.76. The molecule has 0 N–H and O–H groups in total. The van der Waals surface area contributed by atoms with Gasteiger partial charge in [0.1, 0.15) is 11.4 Å². The molecule has 16 heavy (non-hydrogen) atoms. The van der Waals surface area contributed by atoms with Crippen molar-refractivity contribution in [2.75, 3.05) is 13.7 Å². The van der Waals surface area contributed by atoms with E-state index in [0.29, 0.717) is 0 Å². The molecular formula is C10H9F3O3. The molecule has 0 spiro atoms. The van der Waals surface area contributed by atoms with E-state index in [1.54, 1.807) is 0 Å². The molecule has 88 valence electrons. The number of esters is 1. The highest BCUT2D eigenvalue weighted by Crippen LogP contribution is 2.28. The minimum Gasteiger partial charge on any atom is -0.493 e. The van der Waals surface area contributed by atoms with Crippen LogP contribution in [0.15, 0.2) is 6.07 Å². The predicted molar refractivity (Wildman–Crippen MR) is 48.8 cm³/mol. The fourth-order valence-electron chi connectivity index (χ4n) is 1.16. The number of carbonyl (C=O) groups excluding carboxylic acids is 1. The van der Waals surface area contributed by atoms with E-state index in [2.05, 4.69) is 9.47 Å². The topological polar surface area (TPSA) is 35.5 Å². The van der Waals surface area contributed by atoms with Crippen LogP contribution in [0.2, 0.25) is 0 Å². The molecule has 0 aliphatic carbocycles. The number of carbonyl (C=O) groups is 1. The second kappa shape index (κ2) is 4.87. The van der Waals surface area contributed by atoms with Crippen molar-refractivity contribution in [2.45, 2.75) is 6.92 Å². The van der Waals surface area contributed by atoms with Crippen LogP contribution in [0.4, 0.5) is 13.2 Å². The van der Waals surface area contributed by atoms with Crippen molar-refractivity contribution in [3.05, 3.63) is 29.1 Å². The van der Waals surface area contributed by atoms with Gasteiger partial charge in [0, 0.05) is 6.07 Å². The molecule has 0 radical (unpaired) electrons. The van der Waals surface area contributed by atoms with Crippen LogP contribution in [0.5, 0.6) is 5.75 Å². The van der Waals surface area contributed by atoms with E-state index in [1.165, 1.54) is 6.92 Å². The van der Waals surface area contributed by atoms with Gasteiger partial charge in [0.25, 0.3) is 0 Å². The van der Waals surface area contributed by atoms with Gasteiger partial charge in [-0.15, -0.1) is 0 Å². The van der Waals surface area contributed by atoms with Crippen LogP contribution < -0.4 is 4.74 Å². The standard InChI is InChI=1S/C10H9F3O3/c1-3-16-10(14)7-5(11)4-6(12)8(13)9(7)15-2/h4H,3H2,1-2H3. The average Bonchev–Trinajstić information content (AvgIpc) is 2.23. The lowest BCUT2D eigenvalue weighted by Gasteiger charge is -2.10. The summed E-state index contributed by atoms with van der Waals surface area (Å²) in [4.78, 5) is 11.3. The summed E-state index contributed by atoms with van der Waals surface area (Å²) in [6, 6.07) is 0.268. The van der Waals surface area contributed by atoms with Crippen molar-refractivity contribution in [1.82, 2.24) is 0 Å². The SMILES string of the molecule is CCOC(=O)c1c(F)cc(F)c(F)c1OC. The van der Waals surface area contributed by atoms with Crippen LogP contribution >= 0.6 is 0 Å². The predicted octanol–water partition coefficient (Wildman–Crippen LogP) is 2.29. The molecule has 0 saturated heterocycles. The third kappa shape index (κ3) is 2.10. The molecule has 0 atom stereocenters. The maximum atomic E-state index is 13.3. The Bertz CT molecular complexity index is 418. The first-order valence-electron chi connectivity index (χ1n) is 4.41. The smallest absolute Gasteiger partial charge is 0.345 e. The minimum atomic E-state index is -1.43. The van der Waals surface area contributed by atoms with E-state index >= 15 is 0 Å². The molecule has 3 nitrogen and oxygen atoms in total. The Hall–Kier alpha value is -1.72. The van der Waals surface area contributed by atoms with Gasteiger partial charge < -0.3 is 9.47 Å².